The topological polar surface area (TPSA) is 175 Å². The molecule has 260 valence electrons. The summed E-state index contributed by atoms with van der Waals surface area (Å²) in [6.07, 6.45) is 2.80. The van der Waals surface area contributed by atoms with Crippen molar-refractivity contribution < 1.29 is 35.8 Å². The first-order valence-electron chi connectivity index (χ1n) is 16.1. The minimum Gasteiger partial charge on any atom is -0.507 e. The first kappa shape index (κ1) is 35.0. The van der Waals surface area contributed by atoms with Gasteiger partial charge in [0.2, 0.25) is 0 Å². The number of nitrogens with zero attached hydrogens (tertiary/aromatic N) is 2. The maximum absolute atomic E-state index is 11.9. The minimum atomic E-state index is -4.57. The first-order valence-corrected chi connectivity index (χ1v) is 19.0. The highest BCUT2D eigenvalue weighted by molar-refractivity contribution is 7.86. The molecule has 6 rings (SSSR count). The van der Waals surface area contributed by atoms with Crippen molar-refractivity contribution in [1.82, 2.24) is 0 Å². The summed E-state index contributed by atoms with van der Waals surface area (Å²) in [6.45, 7) is 5.97. The normalized spacial score (nSPS) is 16.9. The predicted octanol–water partition coefficient (Wildman–Crippen LogP) is 9.58. The number of rotatable bonds is 9. The van der Waals surface area contributed by atoms with Crippen LogP contribution in [0.1, 0.15) is 53.9 Å². The molecule has 5 aromatic carbocycles. The number of aromatic hydroxyl groups is 1. The molecule has 1 saturated carbocycles. The average molecular weight is 716 g/mol. The van der Waals surface area contributed by atoms with Gasteiger partial charge in [-0.15, -0.1) is 5.11 Å². The van der Waals surface area contributed by atoms with Gasteiger partial charge in [-0.2, -0.15) is 21.9 Å². The second-order valence-corrected chi connectivity index (χ2v) is 15.7. The maximum atomic E-state index is 11.9. The van der Waals surface area contributed by atoms with E-state index < -0.39 is 36.1 Å². The summed E-state index contributed by atoms with van der Waals surface area (Å²) in [7, 11) is -8.72. The van der Waals surface area contributed by atoms with Gasteiger partial charge in [-0.05, 0) is 104 Å². The summed E-state index contributed by atoms with van der Waals surface area (Å²) in [6, 6.07) is 23.7. The number of hydrogen-bond acceptors (Lipinski definition) is 9. The molecule has 1 aliphatic rings. The number of azo groups is 1. The fourth-order valence-electron chi connectivity index (χ4n) is 6.71. The van der Waals surface area contributed by atoms with Crippen molar-refractivity contribution in [2.45, 2.75) is 62.5 Å². The molecule has 2 atom stereocenters. The van der Waals surface area contributed by atoms with Gasteiger partial charge in [0.05, 0.1) is 26.9 Å². The Morgan fingerprint density at radius 1 is 0.760 bits per heavy atom. The summed E-state index contributed by atoms with van der Waals surface area (Å²) in [5, 5.41) is 23.1. The molecule has 5 aromatic rings. The molecule has 0 bridgehead atoms. The van der Waals surface area contributed by atoms with Crippen LogP contribution in [0.2, 0.25) is 0 Å². The molecule has 0 spiro atoms. The number of ether oxygens (including phenoxy) is 1. The molecular weight excluding hydrogens is 679 g/mol. The van der Waals surface area contributed by atoms with Crippen LogP contribution >= 0.6 is 0 Å². The Labute approximate surface area is 291 Å². The van der Waals surface area contributed by atoms with E-state index in [2.05, 4.69) is 15.5 Å². The van der Waals surface area contributed by atoms with Crippen molar-refractivity contribution in [2.24, 2.45) is 10.2 Å². The molecule has 2 unspecified atom stereocenters. The molecule has 50 heavy (non-hydrogen) atoms. The summed E-state index contributed by atoms with van der Waals surface area (Å²) in [4.78, 5) is -0.446. The van der Waals surface area contributed by atoms with E-state index in [1.807, 2.05) is 45.0 Å². The fraction of sp³-hybridized carbons (Fsp3) is 0.243. The standard InChI is InChI=1S/C37H37N3O8S2/c1-22-18-23(2)36(24(3)19-22)38-32-17-10-26-20-30(49(42,43)44)21-33(41)35(26)37(32)40-39-27-11-15-29(16-12-27)48-28-13-8-25(9-14-28)31-6-4-5-7-34(31)50(45,46)47/h8-21,31,34,38,41H,4-7H2,1-3H3,(H,42,43,44)(H,45,46,47). The number of anilines is 2. The van der Waals surface area contributed by atoms with Crippen LogP contribution in [0.25, 0.3) is 10.8 Å². The molecule has 1 aliphatic carbocycles. The van der Waals surface area contributed by atoms with Crippen molar-refractivity contribution in [1.29, 1.82) is 0 Å². The Kier molecular flexibility index (Phi) is 9.69. The number of benzene rings is 5. The lowest BCUT2D eigenvalue weighted by Gasteiger charge is -2.29. The Bertz CT molecular complexity index is 2300. The van der Waals surface area contributed by atoms with E-state index in [9.17, 15) is 31.0 Å². The SMILES string of the molecule is Cc1cc(C)c(Nc2ccc3cc(S(=O)(=O)O)cc(O)c3c2N=Nc2ccc(Oc3ccc(C4CCCCC4S(=O)(=O)O)cc3)cc2)c(C)c1. The lowest BCUT2D eigenvalue weighted by Crippen LogP contribution is -2.30. The van der Waals surface area contributed by atoms with Gasteiger partial charge in [-0.3, -0.25) is 9.11 Å². The zero-order valence-corrected chi connectivity index (χ0v) is 29.3. The molecule has 0 amide bonds. The van der Waals surface area contributed by atoms with Gasteiger partial charge in [0, 0.05) is 17.7 Å². The summed E-state index contributed by atoms with van der Waals surface area (Å²) in [5.74, 6) is 0.414. The van der Waals surface area contributed by atoms with E-state index in [1.54, 1.807) is 48.5 Å². The highest BCUT2D eigenvalue weighted by atomic mass is 32.2. The van der Waals surface area contributed by atoms with E-state index in [-0.39, 0.29) is 17.0 Å². The maximum Gasteiger partial charge on any atom is 0.294 e. The number of phenols is 1. The van der Waals surface area contributed by atoms with E-state index in [0.29, 0.717) is 41.1 Å². The molecule has 0 aromatic heterocycles. The second-order valence-electron chi connectivity index (χ2n) is 12.7. The number of hydrogen-bond donors (Lipinski definition) is 4. The molecule has 0 aliphatic heterocycles. The second kappa shape index (κ2) is 13.8. The van der Waals surface area contributed by atoms with Crippen LogP contribution in [0, 0.1) is 20.8 Å². The quantitative estimate of drug-likeness (QED) is 0.0855. The largest absolute Gasteiger partial charge is 0.507 e. The van der Waals surface area contributed by atoms with Gasteiger partial charge in [-0.25, -0.2) is 0 Å². The highest BCUT2D eigenvalue weighted by Crippen LogP contribution is 2.43. The van der Waals surface area contributed by atoms with Crippen LogP contribution in [0.5, 0.6) is 17.2 Å². The lowest BCUT2D eigenvalue weighted by atomic mass is 9.83. The summed E-state index contributed by atoms with van der Waals surface area (Å²) in [5.41, 5.74) is 6.05. The Morgan fingerprint density at radius 2 is 1.38 bits per heavy atom. The van der Waals surface area contributed by atoms with Crippen molar-refractivity contribution in [3.05, 3.63) is 107 Å². The molecule has 0 heterocycles. The molecule has 1 fully saturated rings. The first-order chi connectivity index (χ1) is 23.7. The molecule has 4 N–H and O–H groups in total. The van der Waals surface area contributed by atoms with Gasteiger partial charge < -0.3 is 15.2 Å². The number of phenolic OH excluding ortho intramolecular Hbond substituents is 1. The predicted molar refractivity (Wildman–Crippen MR) is 193 cm³/mol. The molecule has 0 radical (unpaired) electrons. The van der Waals surface area contributed by atoms with Crippen molar-refractivity contribution in [3.63, 3.8) is 0 Å². The lowest BCUT2D eigenvalue weighted by molar-refractivity contribution is 0.395. The number of fused-ring (bicyclic) bond motifs is 1. The Morgan fingerprint density at radius 3 is 2.00 bits per heavy atom. The smallest absolute Gasteiger partial charge is 0.294 e. The van der Waals surface area contributed by atoms with Crippen LogP contribution < -0.4 is 10.1 Å². The monoisotopic (exact) mass is 715 g/mol. The zero-order chi connectivity index (χ0) is 35.8. The van der Waals surface area contributed by atoms with Gasteiger partial charge in [0.25, 0.3) is 20.2 Å². The van der Waals surface area contributed by atoms with E-state index in [4.69, 9.17) is 4.74 Å². The minimum absolute atomic E-state index is 0.244. The third-order valence-corrected chi connectivity index (χ3v) is 11.2. The van der Waals surface area contributed by atoms with Crippen molar-refractivity contribution in [2.75, 3.05) is 5.32 Å². The van der Waals surface area contributed by atoms with Crippen LogP contribution in [0.15, 0.2) is 100 Å². The van der Waals surface area contributed by atoms with E-state index >= 15 is 0 Å². The van der Waals surface area contributed by atoms with Crippen molar-refractivity contribution in [3.8, 4) is 17.2 Å². The van der Waals surface area contributed by atoms with Crippen LogP contribution in [0.4, 0.5) is 22.7 Å². The fourth-order valence-corrected chi connectivity index (χ4v) is 8.42. The zero-order valence-electron chi connectivity index (χ0n) is 27.7. The Balaban J connectivity index is 1.27. The third kappa shape index (κ3) is 7.65. The van der Waals surface area contributed by atoms with Gasteiger partial charge in [-0.1, -0.05) is 48.7 Å². The van der Waals surface area contributed by atoms with E-state index in [1.165, 1.54) is 6.07 Å². The summed E-state index contributed by atoms with van der Waals surface area (Å²) < 4.78 is 73.0. The van der Waals surface area contributed by atoms with Crippen LogP contribution in [0.3, 0.4) is 0 Å². The third-order valence-electron chi connectivity index (χ3n) is 9.01. The molecule has 0 saturated heterocycles. The van der Waals surface area contributed by atoms with Gasteiger partial charge in [0.1, 0.15) is 22.9 Å². The van der Waals surface area contributed by atoms with Crippen LogP contribution in [-0.4, -0.2) is 36.3 Å². The molecular formula is C37H37N3O8S2. The van der Waals surface area contributed by atoms with Gasteiger partial charge in [0.15, 0.2) is 0 Å². The van der Waals surface area contributed by atoms with Crippen LogP contribution in [-0.2, 0) is 20.2 Å². The Hall–Kier alpha value is -4.82. The van der Waals surface area contributed by atoms with E-state index in [0.717, 1.165) is 46.8 Å². The molecule has 13 heteroatoms. The number of aryl methyl sites for hydroxylation is 3. The average Bonchev–Trinajstić information content (AvgIpc) is 3.06. The highest BCUT2D eigenvalue weighted by Gasteiger charge is 2.35. The molecule has 11 nitrogen and oxygen atoms in total. The number of nitrogens with one attached hydrogen (secondary N) is 1. The van der Waals surface area contributed by atoms with Gasteiger partial charge >= 0.3 is 0 Å². The van der Waals surface area contributed by atoms with Crippen molar-refractivity contribution >= 4 is 53.8 Å². The summed E-state index contributed by atoms with van der Waals surface area (Å²) >= 11 is 0.